The van der Waals surface area contributed by atoms with E-state index in [1.165, 1.54) is 21.8 Å². The minimum absolute atomic E-state index is 0.0667. The van der Waals surface area contributed by atoms with Gasteiger partial charge in [-0.15, -0.1) is 11.3 Å². The Hall–Kier alpha value is -3.36. The highest BCUT2D eigenvalue weighted by Crippen LogP contribution is 2.45. The van der Waals surface area contributed by atoms with Gasteiger partial charge in [-0.2, -0.15) is 0 Å². The first-order chi connectivity index (χ1) is 14.5. The van der Waals surface area contributed by atoms with Gasteiger partial charge in [0.25, 0.3) is 11.8 Å². The van der Waals surface area contributed by atoms with Crippen LogP contribution in [0.2, 0.25) is 0 Å². The third-order valence-electron chi connectivity index (χ3n) is 5.12. The van der Waals surface area contributed by atoms with Crippen LogP contribution in [-0.4, -0.2) is 33.9 Å². The molecule has 1 N–H and O–H groups in total. The van der Waals surface area contributed by atoms with E-state index in [0.717, 1.165) is 33.4 Å². The maximum absolute atomic E-state index is 12.5. The molecule has 1 saturated heterocycles. The predicted molar refractivity (Wildman–Crippen MR) is 121 cm³/mol. The first kappa shape index (κ1) is 18.7. The molecule has 30 heavy (non-hydrogen) atoms. The fraction of sp³-hybridized carbons (Fsp3) is 0.0909. The molecule has 148 valence electrons. The van der Waals surface area contributed by atoms with Crippen molar-refractivity contribution >= 4 is 63.1 Å². The fourth-order valence-corrected chi connectivity index (χ4v) is 4.76. The van der Waals surface area contributed by atoms with Crippen molar-refractivity contribution in [1.29, 1.82) is 0 Å². The molecular weight excluding hydrogens is 416 g/mol. The summed E-state index contributed by atoms with van der Waals surface area (Å²) in [5.74, 6) is 0.0104. The first-order valence-corrected chi connectivity index (χ1v) is 10.5. The van der Waals surface area contributed by atoms with Crippen molar-refractivity contribution < 1.29 is 9.59 Å². The average molecular weight is 433 g/mol. The quantitative estimate of drug-likeness (QED) is 0.297. The molecule has 0 radical (unpaired) electrons. The first-order valence-electron chi connectivity index (χ1n) is 9.30. The second-order valence-corrected chi connectivity index (χ2v) is 8.46. The normalized spacial score (nSPS) is 17.1. The molecule has 2 amide bonds. The van der Waals surface area contributed by atoms with E-state index in [2.05, 4.69) is 33.4 Å². The number of hydrogen-bond donors (Lipinski definition) is 1. The lowest BCUT2D eigenvalue weighted by atomic mass is 9.98. The lowest BCUT2D eigenvalue weighted by molar-refractivity contribution is -0.128. The number of fused-ring (bicyclic) bond motifs is 2. The van der Waals surface area contributed by atoms with Crippen molar-refractivity contribution in [2.45, 2.75) is 6.42 Å². The number of para-hydroxylation sites is 1. The Bertz CT molecular complexity index is 1200. The Labute approximate surface area is 182 Å². The molecule has 0 bridgehead atoms. The van der Waals surface area contributed by atoms with Crippen molar-refractivity contribution in [3.05, 3.63) is 76.3 Å². The summed E-state index contributed by atoms with van der Waals surface area (Å²) in [4.78, 5) is 33.6. The number of benzene rings is 1. The maximum Gasteiger partial charge on any atom is 0.265 e. The summed E-state index contributed by atoms with van der Waals surface area (Å²) < 4.78 is 0. The number of anilines is 3. The molecule has 0 spiro atoms. The Kier molecular flexibility index (Phi) is 4.45. The molecule has 2 aliphatic heterocycles. The Morgan fingerprint density at radius 3 is 2.77 bits per heavy atom. The summed E-state index contributed by atoms with van der Waals surface area (Å²) in [7, 11) is 1.55. The molecule has 1 aromatic carbocycles. The number of thiophene rings is 1. The van der Waals surface area contributed by atoms with Gasteiger partial charge in [-0.1, -0.05) is 24.3 Å². The second-order valence-electron chi connectivity index (χ2n) is 6.98. The van der Waals surface area contributed by atoms with Crippen LogP contribution >= 0.6 is 23.6 Å². The minimum atomic E-state index is -0.478. The second kappa shape index (κ2) is 7.16. The standard InChI is InChI=1S/C22H16N4O2S2/c1-25-21(28)16(20(27)24-22(25)29)12-15-8-9-18(30-15)26-17-7-3-2-5-13(17)11-14-6-4-10-23-19(14)26/h2-10,12H,11H2,1H3,(H,24,27,29)/b16-12+. The SMILES string of the molecule is CN1C(=O)/C(=C/c2ccc(N3c4ccccc4Cc4cccnc43)s2)C(=O)NC1=S. The van der Waals surface area contributed by atoms with Crippen LogP contribution in [0, 0.1) is 0 Å². The van der Waals surface area contributed by atoms with E-state index in [4.69, 9.17) is 12.2 Å². The van der Waals surface area contributed by atoms with Crippen molar-refractivity contribution in [3.8, 4) is 0 Å². The lowest BCUT2D eigenvalue weighted by Gasteiger charge is -2.30. The van der Waals surface area contributed by atoms with E-state index in [0.29, 0.717) is 0 Å². The third-order valence-corrected chi connectivity index (χ3v) is 6.51. The summed E-state index contributed by atoms with van der Waals surface area (Å²) in [6.45, 7) is 0. The third kappa shape index (κ3) is 3.01. The molecule has 0 unspecified atom stereocenters. The largest absolute Gasteiger partial charge is 0.298 e. The molecule has 1 fully saturated rings. The van der Waals surface area contributed by atoms with E-state index in [-0.39, 0.29) is 10.7 Å². The van der Waals surface area contributed by atoms with Crippen molar-refractivity contribution in [2.75, 3.05) is 11.9 Å². The Morgan fingerprint density at radius 1 is 1.10 bits per heavy atom. The van der Waals surface area contributed by atoms with Gasteiger partial charge in [0, 0.05) is 24.5 Å². The molecule has 5 rings (SSSR count). The molecular formula is C22H16N4O2S2. The highest BCUT2D eigenvalue weighted by atomic mass is 32.1. The van der Waals surface area contributed by atoms with Crippen LogP contribution in [0.3, 0.4) is 0 Å². The number of hydrogen-bond acceptors (Lipinski definition) is 6. The molecule has 2 aliphatic rings. The molecule has 8 heteroatoms. The van der Waals surface area contributed by atoms with E-state index >= 15 is 0 Å². The van der Waals surface area contributed by atoms with Gasteiger partial charge >= 0.3 is 0 Å². The maximum atomic E-state index is 12.5. The minimum Gasteiger partial charge on any atom is -0.298 e. The summed E-state index contributed by atoms with van der Waals surface area (Å²) >= 11 is 6.49. The van der Waals surface area contributed by atoms with Crippen molar-refractivity contribution in [1.82, 2.24) is 15.2 Å². The summed E-state index contributed by atoms with van der Waals surface area (Å²) in [6.07, 6.45) is 4.23. The Morgan fingerprint density at radius 2 is 1.90 bits per heavy atom. The van der Waals surface area contributed by atoms with Gasteiger partial charge in [-0.3, -0.25) is 24.7 Å². The smallest absolute Gasteiger partial charge is 0.265 e. The molecule has 0 aliphatic carbocycles. The highest BCUT2D eigenvalue weighted by molar-refractivity contribution is 7.80. The van der Waals surface area contributed by atoms with Crippen LogP contribution in [-0.2, 0) is 16.0 Å². The summed E-state index contributed by atoms with van der Waals surface area (Å²) in [6, 6.07) is 16.2. The van der Waals surface area contributed by atoms with Gasteiger partial charge in [0.2, 0.25) is 0 Å². The predicted octanol–water partition coefficient (Wildman–Crippen LogP) is 3.77. The zero-order valence-electron chi connectivity index (χ0n) is 16.0. The van der Waals surface area contributed by atoms with Gasteiger partial charge in [-0.25, -0.2) is 4.98 Å². The molecule has 6 nitrogen and oxygen atoms in total. The summed E-state index contributed by atoms with van der Waals surface area (Å²) in [5.41, 5.74) is 3.53. The van der Waals surface area contributed by atoms with Gasteiger partial charge in [0.1, 0.15) is 16.4 Å². The number of thiocarbonyl (C=S) groups is 1. The van der Waals surface area contributed by atoms with Crippen LogP contribution in [0.15, 0.2) is 60.3 Å². The molecule has 4 heterocycles. The van der Waals surface area contributed by atoms with Gasteiger partial charge in [0.15, 0.2) is 5.11 Å². The van der Waals surface area contributed by atoms with Crippen molar-refractivity contribution in [2.24, 2.45) is 0 Å². The summed E-state index contributed by atoms with van der Waals surface area (Å²) in [5, 5.41) is 3.61. The van der Waals surface area contributed by atoms with E-state index in [9.17, 15) is 9.59 Å². The number of nitrogens with one attached hydrogen (secondary N) is 1. The number of likely N-dealkylation sites (N-methyl/N-ethyl adjacent to an activating group) is 1. The van der Waals surface area contributed by atoms with E-state index in [1.807, 2.05) is 30.3 Å². The number of amides is 2. The number of pyridine rings is 1. The topological polar surface area (TPSA) is 65.5 Å². The van der Waals surface area contributed by atoms with Gasteiger partial charge in [0.05, 0.1) is 5.69 Å². The van der Waals surface area contributed by atoms with Crippen LogP contribution in [0.25, 0.3) is 6.08 Å². The number of nitrogens with zero attached hydrogens (tertiary/aromatic N) is 3. The molecule has 0 saturated carbocycles. The van der Waals surface area contributed by atoms with E-state index in [1.54, 1.807) is 19.3 Å². The van der Waals surface area contributed by atoms with Crippen molar-refractivity contribution in [3.63, 3.8) is 0 Å². The van der Waals surface area contributed by atoms with Crippen LogP contribution in [0.1, 0.15) is 16.0 Å². The molecule has 2 aromatic heterocycles. The fourth-order valence-electron chi connectivity index (χ4n) is 3.62. The van der Waals surface area contributed by atoms with Crippen LogP contribution < -0.4 is 10.2 Å². The molecule has 3 aromatic rings. The lowest BCUT2D eigenvalue weighted by Crippen LogP contribution is -2.52. The van der Waals surface area contributed by atoms with Crippen LogP contribution in [0.5, 0.6) is 0 Å². The van der Waals surface area contributed by atoms with Gasteiger partial charge < -0.3 is 0 Å². The highest BCUT2D eigenvalue weighted by Gasteiger charge is 2.31. The van der Waals surface area contributed by atoms with E-state index < -0.39 is 11.8 Å². The average Bonchev–Trinajstić information content (AvgIpc) is 3.21. The number of rotatable bonds is 2. The zero-order chi connectivity index (χ0) is 20.8. The monoisotopic (exact) mass is 432 g/mol. The zero-order valence-corrected chi connectivity index (χ0v) is 17.6. The van der Waals surface area contributed by atoms with Crippen LogP contribution in [0.4, 0.5) is 16.5 Å². The molecule has 0 atom stereocenters. The Balaban J connectivity index is 1.56. The van der Waals surface area contributed by atoms with Gasteiger partial charge in [-0.05, 0) is 53.7 Å². The number of aromatic nitrogens is 1. The number of carbonyl (C=O) groups excluding carboxylic acids is 2. The number of carbonyl (C=O) groups is 2.